The average molecular weight is 432 g/mol. The molecule has 2 aromatic rings. The van der Waals surface area contributed by atoms with E-state index in [0.29, 0.717) is 22.4 Å². The molecule has 0 atom stereocenters. The van der Waals surface area contributed by atoms with Gasteiger partial charge in [-0.05, 0) is 28.8 Å². The van der Waals surface area contributed by atoms with Crippen molar-refractivity contribution >= 4 is 20.2 Å². The molecule has 0 saturated heterocycles. The van der Waals surface area contributed by atoms with Crippen LogP contribution in [0.4, 0.5) is 10.6 Å². The van der Waals surface area contributed by atoms with Crippen molar-refractivity contribution in [1.29, 1.82) is 0 Å². The first-order valence-corrected chi connectivity index (χ1v) is 12.8. The van der Waals surface area contributed by atoms with Gasteiger partial charge in [-0.3, -0.25) is 5.32 Å². The highest BCUT2D eigenvalue weighted by atomic mass is 28.4. The Hall–Kier alpha value is -2.28. The second-order valence-corrected chi connectivity index (χ2v) is 15.3. The van der Waals surface area contributed by atoms with E-state index in [1.54, 1.807) is 10.7 Å². The summed E-state index contributed by atoms with van der Waals surface area (Å²) in [6.07, 6.45) is -1.12. The van der Waals surface area contributed by atoms with E-state index >= 15 is 0 Å². The zero-order chi connectivity index (χ0) is 22.9. The van der Waals surface area contributed by atoms with Crippen LogP contribution < -0.4 is 9.74 Å². The molecule has 2 rings (SSSR count). The molecule has 30 heavy (non-hydrogen) atoms. The van der Waals surface area contributed by atoms with Gasteiger partial charge < -0.3 is 9.53 Å². The highest BCUT2D eigenvalue weighted by molar-refractivity contribution is 6.78. The quantitative estimate of drug-likeness (QED) is 0.472. The summed E-state index contributed by atoms with van der Waals surface area (Å²) in [5, 5.41) is 16.4. The molecule has 1 aromatic heterocycles. The molecule has 0 spiro atoms. The van der Waals surface area contributed by atoms with E-state index < -0.39 is 14.4 Å². The maximum absolute atomic E-state index is 11.3. The minimum absolute atomic E-state index is 0.205. The number of nitrogens with one attached hydrogen (secondary N) is 1. The fraction of sp³-hybridized carbons (Fsp3) is 0.565. The Kier molecular flexibility index (Phi) is 7.07. The van der Waals surface area contributed by atoms with E-state index in [0.717, 1.165) is 17.1 Å². The predicted octanol–water partition coefficient (Wildman–Crippen LogP) is 6.81. The van der Waals surface area contributed by atoms with Crippen LogP contribution in [0.2, 0.25) is 16.6 Å². The summed E-state index contributed by atoms with van der Waals surface area (Å²) >= 11 is 0. The molecule has 0 aliphatic carbocycles. The van der Waals surface area contributed by atoms with E-state index in [1.807, 2.05) is 24.3 Å². The van der Waals surface area contributed by atoms with E-state index in [2.05, 4.69) is 67.6 Å². The third-order valence-electron chi connectivity index (χ3n) is 5.78. The third kappa shape index (κ3) is 4.88. The molecule has 166 valence electrons. The van der Waals surface area contributed by atoms with Gasteiger partial charge in [0.25, 0.3) is 8.32 Å². The lowest BCUT2D eigenvalue weighted by molar-refractivity contribution is 0.209. The number of carboxylic acid groups (broad SMARTS) is 1. The lowest BCUT2D eigenvalue weighted by Gasteiger charge is -2.42. The monoisotopic (exact) mass is 431 g/mol. The fourth-order valence-corrected chi connectivity index (χ4v) is 9.62. The molecule has 0 aliphatic heterocycles. The lowest BCUT2D eigenvalue weighted by atomic mass is 9.92. The van der Waals surface area contributed by atoms with Crippen LogP contribution in [0.5, 0.6) is 5.75 Å². The Balaban J connectivity index is 2.54. The predicted molar refractivity (Wildman–Crippen MR) is 126 cm³/mol. The first kappa shape index (κ1) is 24.0. The van der Waals surface area contributed by atoms with Gasteiger partial charge in [0, 0.05) is 17.5 Å². The maximum Gasteiger partial charge on any atom is 0.410 e. The fourth-order valence-electron chi connectivity index (χ4n) is 4.38. The van der Waals surface area contributed by atoms with Gasteiger partial charge in [0.15, 0.2) is 0 Å². The van der Waals surface area contributed by atoms with Crippen LogP contribution in [-0.2, 0) is 5.41 Å². The van der Waals surface area contributed by atoms with Gasteiger partial charge in [0.1, 0.15) is 11.6 Å². The number of aromatic nitrogens is 2. The van der Waals surface area contributed by atoms with E-state index in [4.69, 9.17) is 9.52 Å². The van der Waals surface area contributed by atoms with Gasteiger partial charge in [-0.1, -0.05) is 68.4 Å². The van der Waals surface area contributed by atoms with Crippen molar-refractivity contribution in [1.82, 2.24) is 9.78 Å². The van der Waals surface area contributed by atoms with Crippen molar-refractivity contribution < 1.29 is 14.3 Å². The molecular weight excluding hydrogens is 394 g/mol. The molecule has 0 bridgehead atoms. The number of benzene rings is 1. The first-order valence-electron chi connectivity index (χ1n) is 10.7. The molecule has 1 amide bonds. The van der Waals surface area contributed by atoms with Crippen molar-refractivity contribution in [3.63, 3.8) is 0 Å². The standard InChI is InChI=1S/C23H37N3O3Si/c1-15(2)30(16(3)4,17(5)6)29-19-12-10-11-18(13-19)26-21(24-22(27)28)14-20(25-26)23(7,8)9/h10-17,24H,1-9H3,(H,27,28). The first-order chi connectivity index (χ1) is 13.8. The summed E-state index contributed by atoms with van der Waals surface area (Å²) in [6.45, 7) is 19.7. The average Bonchev–Trinajstić information content (AvgIpc) is 3.02. The molecule has 0 aliphatic rings. The molecular formula is C23H37N3O3Si. The van der Waals surface area contributed by atoms with Gasteiger partial charge in [0.05, 0.1) is 11.4 Å². The molecule has 2 N–H and O–H groups in total. The molecule has 1 aromatic carbocycles. The Morgan fingerprint density at radius 3 is 2.10 bits per heavy atom. The van der Waals surface area contributed by atoms with Crippen LogP contribution in [-0.4, -0.2) is 29.3 Å². The Labute approximate surface area is 181 Å². The Morgan fingerprint density at radius 2 is 1.63 bits per heavy atom. The van der Waals surface area contributed by atoms with Crippen LogP contribution >= 0.6 is 0 Å². The lowest BCUT2D eigenvalue weighted by Crippen LogP contribution is -2.50. The van der Waals surface area contributed by atoms with Crippen LogP contribution in [0.1, 0.15) is 68.0 Å². The molecule has 1 heterocycles. The van der Waals surface area contributed by atoms with Gasteiger partial charge in [-0.25, -0.2) is 9.48 Å². The second-order valence-electron chi connectivity index (χ2n) is 9.92. The second kappa shape index (κ2) is 8.84. The number of anilines is 1. The van der Waals surface area contributed by atoms with Gasteiger partial charge in [-0.2, -0.15) is 5.10 Å². The van der Waals surface area contributed by atoms with Gasteiger partial charge in [0.2, 0.25) is 0 Å². The summed E-state index contributed by atoms with van der Waals surface area (Å²) in [4.78, 5) is 11.3. The highest BCUT2D eigenvalue weighted by Crippen LogP contribution is 2.43. The third-order valence-corrected chi connectivity index (χ3v) is 11.8. The van der Waals surface area contributed by atoms with Crippen molar-refractivity contribution in [2.75, 3.05) is 5.32 Å². The van der Waals surface area contributed by atoms with Crippen molar-refractivity contribution in [2.45, 2.75) is 84.4 Å². The topological polar surface area (TPSA) is 76.4 Å². The molecule has 0 radical (unpaired) electrons. The zero-order valence-electron chi connectivity index (χ0n) is 19.8. The number of amides is 1. The van der Waals surface area contributed by atoms with E-state index in [-0.39, 0.29) is 5.41 Å². The highest BCUT2D eigenvalue weighted by Gasteiger charge is 2.47. The van der Waals surface area contributed by atoms with Crippen molar-refractivity contribution in [3.8, 4) is 11.4 Å². The molecule has 0 saturated carbocycles. The summed E-state index contributed by atoms with van der Waals surface area (Å²) in [7, 11) is -2.10. The van der Waals surface area contributed by atoms with E-state index in [9.17, 15) is 9.90 Å². The van der Waals surface area contributed by atoms with Gasteiger partial charge >= 0.3 is 6.09 Å². The number of hydrogen-bond donors (Lipinski definition) is 2. The Morgan fingerprint density at radius 1 is 1.07 bits per heavy atom. The number of nitrogens with zero attached hydrogens (tertiary/aromatic N) is 2. The molecule has 0 unspecified atom stereocenters. The zero-order valence-corrected chi connectivity index (χ0v) is 20.8. The molecule has 0 fully saturated rings. The van der Waals surface area contributed by atoms with Crippen LogP contribution in [0, 0.1) is 0 Å². The molecule has 7 heteroatoms. The smallest absolute Gasteiger partial charge is 0.410 e. The SMILES string of the molecule is CC(C)[Si](Oc1cccc(-n2nc(C(C)(C)C)cc2NC(=O)O)c1)(C(C)C)C(C)C. The number of hydrogen-bond acceptors (Lipinski definition) is 3. The molecule has 6 nitrogen and oxygen atoms in total. The Bertz CT molecular complexity index is 860. The van der Waals surface area contributed by atoms with Crippen LogP contribution in [0.3, 0.4) is 0 Å². The minimum atomic E-state index is -2.10. The normalized spacial score (nSPS) is 12.7. The van der Waals surface area contributed by atoms with Crippen molar-refractivity contribution in [2.24, 2.45) is 0 Å². The van der Waals surface area contributed by atoms with Crippen molar-refractivity contribution in [3.05, 3.63) is 36.0 Å². The number of rotatable bonds is 7. The summed E-state index contributed by atoms with van der Waals surface area (Å²) in [5.74, 6) is 1.23. The minimum Gasteiger partial charge on any atom is -0.543 e. The summed E-state index contributed by atoms with van der Waals surface area (Å²) in [6, 6.07) is 9.59. The summed E-state index contributed by atoms with van der Waals surface area (Å²) in [5.41, 5.74) is 2.76. The summed E-state index contributed by atoms with van der Waals surface area (Å²) < 4.78 is 8.45. The number of carbonyl (C=O) groups is 1. The van der Waals surface area contributed by atoms with Gasteiger partial charge in [-0.15, -0.1) is 0 Å². The maximum atomic E-state index is 11.3. The van der Waals surface area contributed by atoms with E-state index in [1.165, 1.54) is 0 Å². The largest absolute Gasteiger partial charge is 0.543 e. The van der Waals surface area contributed by atoms with Crippen LogP contribution in [0.15, 0.2) is 30.3 Å². The van der Waals surface area contributed by atoms with Crippen LogP contribution in [0.25, 0.3) is 5.69 Å².